The molecule has 1 aromatic rings. The van der Waals surface area contributed by atoms with Crippen molar-refractivity contribution in [1.29, 1.82) is 0 Å². The second-order valence-electron chi connectivity index (χ2n) is 2.58. The molecule has 1 atom stereocenters. The van der Waals surface area contributed by atoms with Crippen molar-refractivity contribution < 1.29 is 9.18 Å². The molecule has 1 nitrogen and oxygen atoms in total. The van der Waals surface area contributed by atoms with Crippen molar-refractivity contribution in [3.05, 3.63) is 35.6 Å². The molecule has 0 aliphatic heterocycles. The van der Waals surface area contributed by atoms with Crippen LogP contribution in [0.1, 0.15) is 18.4 Å². The molecule has 1 aromatic carbocycles. The maximum Gasteiger partial charge on any atom is 0.204 e. The largest absolute Gasteiger partial charge is 0.286 e. The molecule has 0 amide bonds. The smallest absolute Gasteiger partial charge is 0.204 e. The summed E-state index contributed by atoms with van der Waals surface area (Å²) in [4.78, 5) is 10.8. The molecule has 0 fully saturated rings. The number of hydrogen-bond donors (Lipinski definition) is 0. The Kier molecular flexibility index (Phi) is 2.98. The Morgan fingerprint density at radius 3 is 2.75 bits per heavy atom. The van der Waals surface area contributed by atoms with Crippen molar-refractivity contribution in [3.8, 4) is 0 Å². The maximum absolute atomic E-state index is 12.7. The van der Waals surface area contributed by atoms with Gasteiger partial charge in [0, 0.05) is 0 Å². The Morgan fingerprint density at radius 2 is 2.25 bits per heavy atom. The minimum atomic E-state index is -0.312. The average molecular weight is 231 g/mol. The van der Waals surface area contributed by atoms with E-state index < -0.39 is 0 Å². The van der Waals surface area contributed by atoms with Crippen LogP contribution in [0.15, 0.2) is 24.3 Å². The van der Waals surface area contributed by atoms with Gasteiger partial charge in [-0.1, -0.05) is 19.1 Å². The van der Waals surface area contributed by atoms with Crippen LogP contribution in [0, 0.1) is 5.82 Å². The molecule has 0 aliphatic rings. The third kappa shape index (κ3) is 2.14. The van der Waals surface area contributed by atoms with Crippen LogP contribution in [-0.4, -0.2) is 4.69 Å². The highest BCUT2D eigenvalue weighted by Gasteiger charge is 2.11. The summed E-state index contributed by atoms with van der Waals surface area (Å²) in [6.07, 6.45) is 0. The van der Waals surface area contributed by atoms with E-state index in [1.807, 2.05) is 0 Å². The summed E-state index contributed by atoms with van der Waals surface area (Å²) in [5.41, 5.74) is 0.692. The van der Waals surface area contributed by atoms with E-state index in [-0.39, 0.29) is 16.4 Å². The van der Waals surface area contributed by atoms with Crippen molar-refractivity contribution in [1.82, 2.24) is 0 Å². The fraction of sp³-hybridized carbons (Fsp3) is 0.222. The van der Waals surface area contributed by atoms with E-state index in [4.69, 9.17) is 0 Å². The van der Waals surface area contributed by atoms with Gasteiger partial charge in [0.1, 0.15) is 5.82 Å². The zero-order valence-corrected chi connectivity index (χ0v) is 8.14. The second kappa shape index (κ2) is 3.81. The molecular formula is C9H8BrFO. The van der Waals surface area contributed by atoms with Crippen LogP contribution in [0.3, 0.4) is 0 Å². The van der Waals surface area contributed by atoms with Gasteiger partial charge in [0.2, 0.25) is 4.69 Å². The third-order valence-corrected chi connectivity index (χ3v) is 2.38. The van der Waals surface area contributed by atoms with E-state index in [0.29, 0.717) is 5.56 Å². The summed E-state index contributed by atoms with van der Waals surface area (Å²) >= 11 is 2.84. The normalized spacial score (nSPS) is 12.6. The molecule has 0 aromatic heterocycles. The van der Waals surface area contributed by atoms with Crippen LogP contribution in [0.5, 0.6) is 0 Å². The summed E-state index contributed by atoms with van der Waals surface area (Å²) in [6.45, 7) is 1.73. The van der Waals surface area contributed by atoms with E-state index in [1.54, 1.807) is 19.1 Å². The topological polar surface area (TPSA) is 17.1 Å². The lowest BCUT2D eigenvalue weighted by atomic mass is 10.0. The summed E-state index contributed by atoms with van der Waals surface area (Å²) in [6, 6.07) is 6.04. The standard InChI is InChI=1S/C9H8BrFO/c1-6(9(10)12)7-3-2-4-8(11)5-7/h2-6H,1H3. The van der Waals surface area contributed by atoms with Gasteiger partial charge >= 0.3 is 0 Å². The molecular weight excluding hydrogens is 223 g/mol. The van der Waals surface area contributed by atoms with E-state index in [0.717, 1.165) is 0 Å². The number of halogens is 2. The number of carbonyl (C=O) groups is 1. The first-order valence-electron chi connectivity index (χ1n) is 3.56. The van der Waals surface area contributed by atoms with Gasteiger partial charge in [-0.05, 0) is 33.6 Å². The summed E-state index contributed by atoms with van der Waals surface area (Å²) < 4.78 is 12.5. The lowest BCUT2D eigenvalue weighted by molar-refractivity contribution is -0.111. The molecule has 64 valence electrons. The highest BCUT2D eigenvalue weighted by atomic mass is 79.9. The Hall–Kier alpha value is -0.700. The second-order valence-corrected chi connectivity index (χ2v) is 3.36. The first kappa shape index (κ1) is 9.39. The number of carbonyl (C=O) groups excluding carboxylic acids is 1. The van der Waals surface area contributed by atoms with E-state index in [1.165, 1.54) is 12.1 Å². The van der Waals surface area contributed by atoms with E-state index in [2.05, 4.69) is 15.9 Å². The average Bonchev–Trinajstić information content (AvgIpc) is 2.03. The van der Waals surface area contributed by atoms with Gasteiger partial charge < -0.3 is 0 Å². The maximum atomic E-state index is 12.7. The van der Waals surface area contributed by atoms with Gasteiger partial charge in [-0.3, -0.25) is 4.79 Å². The third-order valence-electron chi connectivity index (χ3n) is 1.69. The molecule has 0 aliphatic carbocycles. The number of rotatable bonds is 2. The molecule has 1 rings (SSSR count). The fourth-order valence-electron chi connectivity index (χ4n) is 0.907. The molecule has 1 unspecified atom stereocenters. The van der Waals surface area contributed by atoms with Crippen LogP contribution in [0.2, 0.25) is 0 Å². The van der Waals surface area contributed by atoms with Crippen molar-refractivity contribution in [2.24, 2.45) is 0 Å². The van der Waals surface area contributed by atoms with Crippen molar-refractivity contribution in [2.45, 2.75) is 12.8 Å². The van der Waals surface area contributed by atoms with Gasteiger partial charge in [0.25, 0.3) is 0 Å². The van der Waals surface area contributed by atoms with Gasteiger partial charge in [-0.2, -0.15) is 0 Å². The number of benzene rings is 1. The van der Waals surface area contributed by atoms with Crippen molar-refractivity contribution in [3.63, 3.8) is 0 Å². The van der Waals surface area contributed by atoms with Crippen molar-refractivity contribution in [2.75, 3.05) is 0 Å². The van der Waals surface area contributed by atoms with Crippen LogP contribution >= 0.6 is 15.9 Å². The highest BCUT2D eigenvalue weighted by Crippen LogP contribution is 2.19. The predicted molar refractivity (Wildman–Crippen MR) is 48.7 cm³/mol. The van der Waals surface area contributed by atoms with Gasteiger partial charge in [0.15, 0.2) is 0 Å². The van der Waals surface area contributed by atoms with Gasteiger partial charge in [0.05, 0.1) is 5.92 Å². The quantitative estimate of drug-likeness (QED) is 0.715. The molecule has 12 heavy (non-hydrogen) atoms. The number of hydrogen-bond acceptors (Lipinski definition) is 1. The monoisotopic (exact) mass is 230 g/mol. The molecule has 0 radical (unpaired) electrons. The molecule has 3 heteroatoms. The van der Waals surface area contributed by atoms with Crippen LogP contribution in [0.4, 0.5) is 4.39 Å². The van der Waals surface area contributed by atoms with Gasteiger partial charge in [-0.15, -0.1) is 0 Å². The minimum Gasteiger partial charge on any atom is -0.286 e. The highest BCUT2D eigenvalue weighted by molar-refractivity contribution is 9.18. The molecule has 0 heterocycles. The first-order chi connectivity index (χ1) is 5.61. The Morgan fingerprint density at radius 1 is 1.58 bits per heavy atom. The molecule has 0 bridgehead atoms. The lowest BCUT2D eigenvalue weighted by Crippen LogP contribution is -2.01. The van der Waals surface area contributed by atoms with Crippen LogP contribution < -0.4 is 0 Å². The molecule has 0 N–H and O–H groups in total. The van der Waals surface area contributed by atoms with Crippen molar-refractivity contribution >= 4 is 20.6 Å². The van der Waals surface area contributed by atoms with Crippen LogP contribution in [0.25, 0.3) is 0 Å². The molecule has 0 spiro atoms. The predicted octanol–water partition coefficient (Wildman–Crippen LogP) is 2.85. The van der Waals surface area contributed by atoms with E-state index in [9.17, 15) is 9.18 Å². The fourth-order valence-corrected chi connectivity index (χ4v) is 1.17. The summed E-state index contributed by atoms with van der Waals surface area (Å²) in [5, 5.41) is 0. The molecule has 0 saturated carbocycles. The summed E-state index contributed by atoms with van der Waals surface area (Å²) in [7, 11) is 0. The van der Waals surface area contributed by atoms with Gasteiger partial charge in [-0.25, -0.2) is 4.39 Å². The summed E-state index contributed by atoms with van der Waals surface area (Å²) in [5.74, 6) is -0.603. The minimum absolute atomic E-state index is 0.131. The van der Waals surface area contributed by atoms with E-state index >= 15 is 0 Å². The SMILES string of the molecule is CC(C(=O)Br)c1cccc(F)c1. The van der Waals surface area contributed by atoms with Crippen LogP contribution in [-0.2, 0) is 4.79 Å². The Balaban J connectivity index is 2.95. The molecule has 0 saturated heterocycles. The Labute approximate surface area is 78.7 Å². The lowest BCUT2D eigenvalue weighted by Gasteiger charge is -2.05. The first-order valence-corrected chi connectivity index (χ1v) is 4.35. The zero-order valence-electron chi connectivity index (χ0n) is 6.55. The zero-order chi connectivity index (χ0) is 9.14. The Bertz CT molecular complexity index is 298.